The number of rotatable bonds is 2. The molecule has 1 atom stereocenters. The lowest BCUT2D eigenvalue weighted by molar-refractivity contribution is -0.136. The summed E-state index contributed by atoms with van der Waals surface area (Å²) in [6, 6.07) is 4.92. The maximum Gasteiger partial charge on any atom is 0.315 e. The molecule has 2 fully saturated rings. The summed E-state index contributed by atoms with van der Waals surface area (Å²) < 4.78 is 1.14. The number of nitrogens with zero attached hydrogens (tertiary/aromatic N) is 3. The monoisotopic (exact) mass is 392 g/mol. The number of hydrogen-bond acceptors (Lipinski definition) is 4. The number of primary amides is 1. The fourth-order valence-electron chi connectivity index (χ4n) is 3.94. The van der Waals surface area contributed by atoms with Crippen LogP contribution in [0.4, 0.5) is 4.79 Å². The zero-order chi connectivity index (χ0) is 18.3. The Kier molecular flexibility index (Phi) is 4.75. The number of carbonyl (C=O) groups is 2. The van der Waals surface area contributed by atoms with E-state index in [0.29, 0.717) is 37.0 Å². The first-order valence-electron chi connectivity index (χ1n) is 8.94. The minimum Gasteiger partial charge on any atom is -0.351 e. The molecular weight excluding hydrogens is 372 g/mol. The molecule has 1 aromatic carbocycles. The largest absolute Gasteiger partial charge is 0.351 e. The summed E-state index contributed by atoms with van der Waals surface area (Å²) in [6.07, 6.45) is 3.33. The van der Waals surface area contributed by atoms with Crippen LogP contribution >= 0.6 is 22.9 Å². The molecule has 4 rings (SSSR count). The van der Waals surface area contributed by atoms with Crippen LogP contribution in [0, 0.1) is 0 Å². The number of halogens is 1. The van der Waals surface area contributed by atoms with E-state index >= 15 is 0 Å². The van der Waals surface area contributed by atoms with Crippen molar-refractivity contribution < 1.29 is 9.59 Å². The third-order valence-electron chi connectivity index (χ3n) is 5.34. The molecule has 2 saturated heterocycles. The number of carbonyl (C=O) groups excluding carboxylic acids is 2. The van der Waals surface area contributed by atoms with Gasteiger partial charge >= 0.3 is 6.03 Å². The highest BCUT2D eigenvalue weighted by molar-refractivity contribution is 7.18. The first-order valence-corrected chi connectivity index (χ1v) is 10.1. The van der Waals surface area contributed by atoms with Gasteiger partial charge in [0.15, 0.2) is 0 Å². The van der Waals surface area contributed by atoms with E-state index in [4.69, 9.17) is 22.3 Å². The Morgan fingerprint density at radius 2 is 1.96 bits per heavy atom. The molecule has 3 amide bonds. The van der Waals surface area contributed by atoms with E-state index in [0.717, 1.165) is 34.5 Å². The maximum atomic E-state index is 12.8. The van der Waals surface area contributed by atoms with E-state index in [9.17, 15) is 9.59 Å². The molecule has 1 aromatic heterocycles. The van der Waals surface area contributed by atoms with Crippen LogP contribution in [-0.4, -0.2) is 52.4 Å². The van der Waals surface area contributed by atoms with Crippen molar-refractivity contribution in [2.45, 2.75) is 37.6 Å². The average molecular weight is 393 g/mol. The minimum absolute atomic E-state index is 0.0378. The van der Waals surface area contributed by atoms with Gasteiger partial charge in [-0.3, -0.25) is 4.79 Å². The number of urea groups is 1. The summed E-state index contributed by atoms with van der Waals surface area (Å²) in [5, 5.41) is 1.82. The van der Waals surface area contributed by atoms with Gasteiger partial charge in [-0.05, 0) is 43.9 Å². The van der Waals surface area contributed by atoms with E-state index in [2.05, 4.69) is 0 Å². The zero-order valence-electron chi connectivity index (χ0n) is 14.4. The summed E-state index contributed by atoms with van der Waals surface area (Å²) in [4.78, 5) is 32.4. The van der Waals surface area contributed by atoms with Crippen molar-refractivity contribution in [1.29, 1.82) is 0 Å². The van der Waals surface area contributed by atoms with Crippen molar-refractivity contribution in [3.8, 4) is 0 Å². The highest BCUT2D eigenvalue weighted by Crippen LogP contribution is 2.35. The van der Waals surface area contributed by atoms with E-state index in [1.165, 1.54) is 4.90 Å². The van der Waals surface area contributed by atoms with Crippen molar-refractivity contribution in [1.82, 2.24) is 14.8 Å². The SMILES string of the molecule is NC(=O)N1CCC[C@H]1C(=O)N1CCC(c2nc3cc(Cl)ccc3s2)CC1. The number of aromatic nitrogens is 1. The van der Waals surface area contributed by atoms with Gasteiger partial charge in [-0.2, -0.15) is 0 Å². The Hall–Kier alpha value is -1.86. The molecule has 2 aliphatic rings. The number of nitrogens with two attached hydrogens (primary N) is 1. The molecule has 0 radical (unpaired) electrons. The molecule has 8 heteroatoms. The first-order chi connectivity index (χ1) is 12.5. The Morgan fingerprint density at radius 1 is 1.19 bits per heavy atom. The lowest BCUT2D eigenvalue weighted by Crippen LogP contribution is -2.51. The normalized spacial score (nSPS) is 21.5. The fourth-order valence-corrected chi connectivity index (χ4v) is 5.22. The Labute approximate surface area is 160 Å². The summed E-state index contributed by atoms with van der Waals surface area (Å²) in [6.45, 7) is 1.98. The standard InChI is InChI=1S/C18H21ClN4O2S/c19-12-3-4-15-13(10-12)21-16(26-15)11-5-8-22(9-6-11)17(24)14-2-1-7-23(14)18(20)25/h3-4,10-11,14H,1-2,5-9H2,(H2,20,25)/t14-/m0/s1. The lowest BCUT2D eigenvalue weighted by Gasteiger charge is -2.34. The van der Waals surface area contributed by atoms with E-state index in [1.807, 2.05) is 23.1 Å². The van der Waals surface area contributed by atoms with E-state index in [1.54, 1.807) is 11.3 Å². The van der Waals surface area contributed by atoms with Crippen LogP contribution in [0.25, 0.3) is 10.2 Å². The second-order valence-electron chi connectivity index (χ2n) is 6.95. The summed E-state index contributed by atoms with van der Waals surface area (Å²) in [5.74, 6) is 0.405. The minimum atomic E-state index is -0.496. The van der Waals surface area contributed by atoms with Crippen LogP contribution < -0.4 is 5.73 Å². The summed E-state index contributed by atoms with van der Waals surface area (Å²) in [7, 11) is 0. The van der Waals surface area contributed by atoms with Gasteiger partial charge in [0.05, 0.1) is 15.2 Å². The van der Waals surface area contributed by atoms with Crippen LogP contribution in [0.5, 0.6) is 0 Å². The zero-order valence-corrected chi connectivity index (χ0v) is 15.9. The van der Waals surface area contributed by atoms with Crippen LogP contribution in [0.2, 0.25) is 5.02 Å². The Morgan fingerprint density at radius 3 is 2.69 bits per heavy atom. The van der Waals surface area contributed by atoms with Gasteiger partial charge < -0.3 is 15.5 Å². The molecule has 0 saturated carbocycles. The third-order valence-corrected chi connectivity index (χ3v) is 6.78. The number of likely N-dealkylation sites (tertiary alicyclic amines) is 2. The van der Waals surface area contributed by atoms with Gasteiger partial charge in [-0.15, -0.1) is 11.3 Å². The molecule has 26 heavy (non-hydrogen) atoms. The van der Waals surface area contributed by atoms with Gasteiger partial charge in [-0.25, -0.2) is 9.78 Å². The molecule has 0 aliphatic carbocycles. The lowest BCUT2D eigenvalue weighted by atomic mass is 9.97. The van der Waals surface area contributed by atoms with Crippen LogP contribution in [0.3, 0.4) is 0 Å². The molecule has 0 bridgehead atoms. The predicted octanol–water partition coefficient (Wildman–Crippen LogP) is 3.20. The number of thiazole rings is 1. The highest BCUT2D eigenvalue weighted by Gasteiger charge is 2.37. The van der Waals surface area contributed by atoms with E-state index in [-0.39, 0.29) is 11.9 Å². The average Bonchev–Trinajstić information content (AvgIpc) is 3.28. The van der Waals surface area contributed by atoms with E-state index < -0.39 is 6.03 Å². The number of hydrogen-bond donors (Lipinski definition) is 1. The maximum absolute atomic E-state index is 12.8. The van der Waals surface area contributed by atoms with Gasteiger partial charge in [-0.1, -0.05) is 11.6 Å². The number of benzene rings is 1. The molecule has 3 heterocycles. The first kappa shape index (κ1) is 17.5. The molecule has 138 valence electrons. The summed E-state index contributed by atoms with van der Waals surface area (Å²) >= 11 is 7.76. The second-order valence-corrected chi connectivity index (χ2v) is 8.45. The Balaban J connectivity index is 1.41. The number of piperidine rings is 1. The topological polar surface area (TPSA) is 79.5 Å². The van der Waals surface area contributed by atoms with Crippen molar-refractivity contribution in [3.05, 3.63) is 28.2 Å². The fraction of sp³-hybridized carbons (Fsp3) is 0.500. The van der Waals surface area contributed by atoms with Crippen LogP contribution in [0.1, 0.15) is 36.6 Å². The Bertz CT molecular complexity index is 847. The quantitative estimate of drug-likeness (QED) is 0.852. The molecule has 6 nitrogen and oxygen atoms in total. The second kappa shape index (κ2) is 7.04. The van der Waals surface area contributed by atoms with Crippen molar-refractivity contribution in [3.63, 3.8) is 0 Å². The smallest absolute Gasteiger partial charge is 0.315 e. The number of amides is 3. The van der Waals surface area contributed by atoms with Gasteiger partial charge in [0.1, 0.15) is 6.04 Å². The summed E-state index contributed by atoms with van der Waals surface area (Å²) in [5.41, 5.74) is 6.34. The third kappa shape index (κ3) is 3.25. The van der Waals surface area contributed by atoms with Crippen molar-refractivity contribution in [2.75, 3.05) is 19.6 Å². The molecule has 0 unspecified atom stereocenters. The van der Waals surface area contributed by atoms with Crippen molar-refractivity contribution in [2.24, 2.45) is 5.73 Å². The number of fused-ring (bicyclic) bond motifs is 1. The highest BCUT2D eigenvalue weighted by atomic mass is 35.5. The van der Waals surface area contributed by atoms with Crippen molar-refractivity contribution >= 4 is 45.1 Å². The molecule has 0 spiro atoms. The molecule has 2 aromatic rings. The molecule has 2 N–H and O–H groups in total. The van der Waals surface area contributed by atoms with Gasteiger partial charge in [0.2, 0.25) is 5.91 Å². The van der Waals surface area contributed by atoms with Crippen LogP contribution in [0.15, 0.2) is 18.2 Å². The predicted molar refractivity (Wildman–Crippen MR) is 102 cm³/mol. The van der Waals surface area contributed by atoms with Gasteiger partial charge in [0.25, 0.3) is 0 Å². The molecule has 2 aliphatic heterocycles. The molecular formula is C18H21ClN4O2S. The van der Waals surface area contributed by atoms with Gasteiger partial charge in [0, 0.05) is 30.6 Å². The van der Waals surface area contributed by atoms with Crippen LogP contribution in [-0.2, 0) is 4.79 Å².